The highest BCUT2D eigenvalue weighted by Gasteiger charge is 2.45. The Kier molecular flexibility index (Phi) is 7.01. The van der Waals surface area contributed by atoms with E-state index in [4.69, 9.17) is 4.99 Å². The van der Waals surface area contributed by atoms with Gasteiger partial charge in [-0.1, -0.05) is 56.7 Å². The topological polar surface area (TPSA) is 61.8 Å². The molecule has 0 radical (unpaired) electrons. The van der Waals surface area contributed by atoms with E-state index in [9.17, 15) is 9.59 Å². The van der Waals surface area contributed by atoms with Crippen molar-refractivity contribution < 1.29 is 9.59 Å². The molecule has 0 bridgehead atoms. The van der Waals surface area contributed by atoms with Crippen LogP contribution in [0, 0.1) is 0 Å². The Morgan fingerprint density at radius 2 is 1.65 bits per heavy atom. The van der Waals surface area contributed by atoms with Crippen molar-refractivity contribution in [1.82, 2.24) is 10.2 Å². The number of thioether (sulfide) groups is 1. The van der Waals surface area contributed by atoms with Gasteiger partial charge in [-0.05, 0) is 32.6 Å². The molecule has 6 heteroatoms. The lowest BCUT2D eigenvalue weighted by atomic mass is 9.97. The number of aliphatic imine (C=N–C) groups is 1. The number of nitrogens with zero attached hydrogens (tertiary/aromatic N) is 2. The van der Waals surface area contributed by atoms with Crippen molar-refractivity contribution in [2.75, 3.05) is 13.1 Å². The summed E-state index contributed by atoms with van der Waals surface area (Å²) >= 11 is 1.47. The van der Waals surface area contributed by atoms with E-state index in [1.807, 2.05) is 11.8 Å². The van der Waals surface area contributed by atoms with Gasteiger partial charge in [0.05, 0.1) is 12.5 Å². The van der Waals surface area contributed by atoms with E-state index in [-0.39, 0.29) is 18.2 Å². The van der Waals surface area contributed by atoms with E-state index in [2.05, 4.69) is 5.32 Å². The highest BCUT2D eigenvalue weighted by Crippen LogP contribution is 2.36. The zero-order valence-corrected chi connectivity index (χ0v) is 16.9. The minimum absolute atomic E-state index is 0.0599. The molecular weight excluding hydrogens is 346 g/mol. The van der Waals surface area contributed by atoms with Crippen molar-refractivity contribution in [2.45, 2.75) is 94.8 Å². The molecule has 3 fully saturated rings. The summed E-state index contributed by atoms with van der Waals surface area (Å²) in [7, 11) is 0. The van der Waals surface area contributed by atoms with E-state index >= 15 is 0 Å². The fourth-order valence-corrected chi connectivity index (χ4v) is 5.25. The lowest BCUT2D eigenvalue weighted by molar-refractivity contribution is -0.134. The summed E-state index contributed by atoms with van der Waals surface area (Å²) < 4.78 is -0.718. The Morgan fingerprint density at radius 3 is 2.31 bits per heavy atom. The maximum Gasteiger partial charge on any atom is 0.242 e. The molecule has 5 nitrogen and oxygen atoms in total. The lowest BCUT2D eigenvalue weighted by Gasteiger charge is -2.25. The zero-order valence-electron chi connectivity index (χ0n) is 16.1. The number of rotatable bonds is 3. The third kappa shape index (κ3) is 5.24. The molecule has 3 aliphatic rings. The van der Waals surface area contributed by atoms with Gasteiger partial charge >= 0.3 is 0 Å². The Hall–Kier alpha value is -1.04. The number of hydrogen-bond acceptors (Lipinski definition) is 4. The minimum Gasteiger partial charge on any atom is -0.343 e. The molecule has 2 saturated heterocycles. The van der Waals surface area contributed by atoms with Crippen LogP contribution in [0.1, 0.15) is 84.0 Å². The number of hydrogen-bond donors (Lipinski definition) is 1. The Bertz CT molecular complexity index is 535. The summed E-state index contributed by atoms with van der Waals surface area (Å²) in [6.07, 6.45) is 13.4. The van der Waals surface area contributed by atoms with Crippen LogP contribution in [0.5, 0.6) is 0 Å². The van der Waals surface area contributed by atoms with E-state index in [0.29, 0.717) is 6.04 Å². The molecule has 1 atom stereocenters. The van der Waals surface area contributed by atoms with Crippen LogP contribution in [0.3, 0.4) is 0 Å². The lowest BCUT2D eigenvalue weighted by Crippen LogP contribution is -2.41. The largest absolute Gasteiger partial charge is 0.343 e. The van der Waals surface area contributed by atoms with Crippen LogP contribution >= 0.6 is 11.8 Å². The molecule has 2 amide bonds. The average molecular weight is 380 g/mol. The second-order valence-corrected chi connectivity index (χ2v) is 9.68. The quantitative estimate of drug-likeness (QED) is 0.810. The highest BCUT2D eigenvalue weighted by molar-refractivity contribution is 8.16. The Morgan fingerprint density at radius 1 is 1.08 bits per heavy atom. The number of amides is 2. The molecule has 26 heavy (non-hydrogen) atoms. The van der Waals surface area contributed by atoms with E-state index in [0.717, 1.165) is 43.9 Å². The summed E-state index contributed by atoms with van der Waals surface area (Å²) in [5.74, 6) is 0.0551. The molecule has 0 spiro atoms. The second kappa shape index (κ2) is 9.25. The molecule has 2 heterocycles. The van der Waals surface area contributed by atoms with Crippen molar-refractivity contribution in [2.24, 2.45) is 4.99 Å². The fourth-order valence-electron chi connectivity index (χ4n) is 4.14. The zero-order chi connectivity index (χ0) is 18.4. The number of amidine groups is 1. The van der Waals surface area contributed by atoms with Crippen molar-refractivity contribution in [3.8, 4) is 0 Å². The molecule has 3 rings (SSSR count). The number of nitrogens with one attached hydrogen (secondary N) is 1. The van der Waals surface area contributed by atoms with Crippen molar-refractivity contribution in [3.05, 3.63) is 0 Å². The fraction of sp³-hybridized carbons (Fsp3) is 0.850. The van der Waals surface area contributed by atoms with E-state index in [1.165, 1.54) is 56.7 Å². The predicted octanol–water partition coefficient (Wildman–Crippen LogP) is 3.87. The molecule has 0 aromatic carbocycles. The smallest absolute Gasteiger partial charge is 0.242 e. The van der Waals surface area contributed by atoms with Crippen molar-refractivity contribution in [3.63, 3.8) is 0 Å². The van der Waals surface area contributed by atoms with Crippen molar-refractivity contribution >= 4 is 28.7 Å². The standard InChI is InChI=1S/C20H33N3O2S/c1-20(15-17(24)23-13-9-5-6-10-14-23)18(25)22-19(26-20)21-16-11-7-3-2-4-8-12-16/h16H,2-15H2,1H3,(H,21,22,25). The van der Waals surface area contributed by atoms with Crippen LogP contribution in [0.2, 0.25) is 0 Å². The van der Waals surface area contributed by atoms with Gasteiger partial charge in [-0.15, -0.1) is 0 Å². The monoisotopic (exact) mass is 379 g/mol. The average Bonchev–Trinajstić information content (AvgIpc) is 2.78. The number of likely N-dealkylation sites (tertiary alicyclic amines) is 1. The molecule has 1 unspecified atom stereocenters. The van der Waals surface area contributed by atoms with E-state index < -0.39 is 4.75 Å². The van der Waals surface area contributed by atoms with Gasteiger partial charge in [-0.2, -0.15) is 0 Å². The molecule has 0 aromatic heterocycles. The summed E-state index contributed by atoms with van der Waals surface area (Å²) in [4.78, 5) is 32.1. The van der Waals surface area contributed by atoms with Gasteiger partial charge in [-0.3, -0.25) is 14.6 Å². The maximum atomic E-state index is 12.7. The van der Waals surface area contributed by atoms with Crippen LogP contribution in [0.25, 0.3) is 0 Å². The number of carbonyl (C=O) groups excluding carboxylic acids is 2. The maximum absolute atomic E-state index is 12.7. The highest BCUT2D eigenvalue weighted by atomic mass is 32.2. The minimum atomic E-state index is -0.718. The van der Waals surface area contributed by atoms with Crippen LogP contribution in [0.15, 0.2) is 4.99 Å². The van der Waals surface area contributed by atoms with Crippen molar-refractivity contribution in [1.29, 1.82) is 0 Å². The van der Waals surface area contributed by atoms with Crippen LogP contribution in [-0.2, 0) is 9.59 Å². The first-order valence-corrected chi connectivity index (χ1v) is 11.2. The molecular formula is C20H33N3O2S. The van der Waals surface area contributed by atoms with Gasteiger partial charge in [-0.25, -0.2) is 0 Å². The number of carbonyl (C=O) groups is 2. The summed E-state index contributed by atoms with van der Waals surface area (Å²) in [6.45, 7) is 3.57. The third-order valence-electron chi connectivity index (χ3n) is 5.84. The summed E-state index contributed by atoms with van der Waals surface area (Å²) in [6, 6.07) is 0.321. The SMILES string of the molecule is CC1(CC(=O)N2CCCCCC2)SC(=NC2CCCCCCC2)NC1=O. The molecule has 1 aliphatic carbocycles. The summed E-state index contributed by atoms with van der Waals surface area (Å²) in [5, 5.41) is 3.68. The Balaban J connectivity index is 1.59. The van der Waals surface area contributed by atoms with Gasteiger partial charge in [0.1, 0.15) is 4.75 Å². The third-order valence-corrected chi connectivity index (χ3v) is 7.03. The molecule has 1 saturated carbocycles. The molecule has 2 aliphatic heterocycles. The van der Waals surface area contributed by atoms with Gasteiger partial charge in [0.25, 0.3) is 0 Å². The van der Waals surface area contributed by atoms with Crippen LogP contribution in [0.4, 0.5) is 0 Å². The first-order chi connectivity index (χ1) is 12.6. The second-order valence-electron chi connectivity index (χ2n) is 8.19. The van der Waals surface area contributed by atoms with Gasteiger partial charge in [0, 0.05) is 13.1 Å². The van der Waals surface area contributed by atoms with Crippen LogP contribution < -0.4 is 5.32 Å². The predicted molar refractivity (Wildman–Crippen MR) is 107 cm³/mol. The Labute approximate surface area is 161 Å². The first kappa shape index (κ1) is 19.7. The molecule has 146 valence electrons. The van der Waals surface area contributed by atoms with Gasteiger partial charge in [0.15, 0.2) is 5.17 Å². The first-order valence-electron chi connectivity index (χ1n) is 10.4. The summed E-state index contributed by atoms with van der Waals surface area (Å²) in [5.41, 5.74) is 0. The molecule has 1 N–H and O–H groups in total. The normalized spacial score (nSPS) is 30.6. The van der Waals surface area contributed by atoms with E-state index in [1.54, 1.807) is 0 Å². The van der Waals surface area contributed by atoms with Gasteiger partial charge in [0.2, 0.25) is 11.8 Å². The van der Waals surface area contributed by atoms with Crippen LogP contribution in [-0.4, -0.2) is 45.8 Å². The van der Waals surface area contributed by atoms with Gasteiger partial charge < -0.3 is 10.2 Å². The molecule has 0 aromatic rings.